The molecule has 0 aliphatic heterocycles. The summed E-state index contributed by atoms with van der Waals surface area (Å²) in [5.74, 6) is 0.378. The average molecular weight is 266 g/mol. The van der Waals surface area contributed by atoms with Crippen LogP contribution in [0.25, 0.3) is 11.2 Å². The van der Waals surface area contributed by atoms with Gasteiger partial charge in [0.1, 0.15) is 0 Å². The Hall–Kier alpha value is -2.76. The van der Waals surface area contributed by atoms with Crippen LogP contribution in [0, 0.1) is 0 Å². The molecule has 6 nitrogen and oxygen atoms in total. The summed E-state index contributed by atoms with van der Waals surface area (Å²) < 4.78 is 0. The fourth-order valence-corrected chi connectivity index (χ4v) is 2.02. The highest BCUT2D eigenvalue weighted by atomic mass is 15.1. The molecule has 3 aromatic rings. The number of nitrogens with two attached hydrogens (primary N) is 2. The van der Waals surface area contributed by atoms with E-state index in [1.807, 2.05) is 18.2 Å². The van der Waals surface area contributed by atoms with E-state index in [-0.39, 0.29) is 11.8 Å². The molecule has 0 fully saturated rings. The van der Waals surface area contributed by atoms with Gasteiger partial charge in [0.2, 0.25) is 5.95 Å². The Bertz CT molecular complexity index is 741. The number of rotatable bonds is 3. The van der Waals surface area contributed by atoms with Crippen LogP contribution in [0.15, 0.2) is 36.5 Å². The molecule has 0 bridgehead atoms. The van der Waals surface area contributed by atoms with Crippen molar-refractivity contribution in [3.8, 4) is 0 Å². The lowest BCUT2D eigenvalue weighted by Gasteiger charge is -2.04. The molecule has 0 amide bonds. The average Bonchev–Trinajstić information content (AvgIpc) is 2.46. The molecule has 0 aliphatic rings. The Morgan fingerprint density at radius 2 is 1.70 bits per heavy atom. The second kappa shape index (κ2) is 5.08. The molecule has 2 aromatic heterocycles. The van der Waals surface area contributed by atoms with E-state index in [2.05, 4.69) is 32.1 Å². The molecule has 6 heteroatoms. The highest BCUT2D eigenvalue weighted by Crippen LogP contribution is 2.15. The molecule has 3 rings (SSSR count). The van der Waals surface area contributed by atoms with Crippen LogP contribution in [0.2, 0.25) is 0 Å². The van der Waals surface area contributed by atoms with Crippen molar-refractivity contribution in [2.75, 3.05) is 11.5 Å². The Morgan fingerprint density at radius 1 is 0.900 bits per heavy atom. The Balaban J connectivity index is 1.86. The summed E-state index contributed by atoms with van der Waals surface area (Å²) in [6, 6.07) is 10.2. The number of aromatic nitrogens is 4. The minimum atomic E-state index is 0.112. The SMILES string of the molecule is Nc1nc(N)c2nc(CCc3ccccc3)cnc2n1. The number of anilines is 2. The number of hydrogen-bond acceptors (Lipinski definition) is 6. The van der Waals surface area contributed by atoms with E-state index in [4.69, 9.17) is 11.5 Å². The monoisotopic (exact) mass is 266 g/mol. The Kier molecular flexibility index (Phi) is 3.12. The first-order chi connectivity index (χ1) is 9.72. The van der Waals surface area contributed by atoms with Crippen LogP contribution in [0.3, 0.4) is 0 Å². The first-order valence-electron chi connectivity index (χ1n) is 6.31. The van der Waals surface area contributed by atoms with Gasteiger partial charge in [-0.25, -0.2) is 9.97 Å². The number of benzene rings is 1. The molecule has 0 atom stereocenters. The van der Waals surface area contributed by atoms with Crippen molar-refractivity contribution in [2.24, 2.45) is 0 Å². The third kappa shape index (κ3) is 2.49. The number of nitrogen functional groups attached to an aromatic ring is 2. The summed E-state index contributed by atoms with van der Waals surface area (Å²) in [6.45, 7) is 0. The lowest BCUT2D eigenvalue weighted by molar-refractivity contribution is 0.909. The van der Waals surface area contributed by atoms with Gasteiger partial charge in [-0.15, -0.1) is 0 Å². The van der Waals surface area contributed by atoms with E-state index in [9.17, 15) is 0 Å². The van der Waals surface area contributed by atoms with Gasteiger partial charge in [0.25, 0.3) is 0 Å². The fourth-order valence-electron chi connectivity index (χ4n) is 2.02. The topological polar surface area (TPSA) is 104 Å². The van der Waals surface area contributed by atoms with E-state index < -0.39 is 0 Å². The minimum absolute atomic E-state index is 0.112. The van der Waals surface area contributed by atoms with Crippen LogP contribution in [0.4, 0.5) is 11.8 Å². The molecule has 2 heterocycles. The van der Waals surface area contributed by atoms with Crippen LogP contribution in [-0.4, -0.2) is 19.9 Å². The van der Waals surface area contributed by atoms with Crippen LogP contribution in [-0.2, 0) is 12.8 Å². The van der Waals surface area contributed by atoms with Gasteiger partial charge < -0.3 is 11.5 Å². The van der Waals surface area contributed by atoms with Crippen molar-refractivity contribution in [1.82, 2.24) is 19.9 Å². The van der Waals surface area contributed by atoms with E-state index >= 15 is 0 Å². The van der Waals surface area contributed by atoms with E-state index in [0.717, 1.165) is 18.5 Å². The van der Waals surface area contributed by atoms with Gasteiger partial charge in [0.05, 0.1) is 11.9 Å². The lowest BCUT2D eigenvalue weighted by Crippen LogP contribution is -2.05. The highest BCUT2D eigenvalue weighted by molar-refractivity contribution is 5.81. The molecule has 0 aliphatic carbocycles. The quantitative estimate of drug-likeness (QED) is 0.742. The molecule has 100 valence electrons. The minimum Gasteiger partial charge on any atom is -0.382 e. The second-order valence-electron chi connectivity index (χ2n) is 4.49. The zero-order chi connectivity index (χ0) is 13.9. The maximum Gasteiger partial charge on any atom is 0.224 e. The molecule has 0 saturated heterocycles. The molecule has 0 saturated carbocycles. The van der Waals surface area contributed by atoms with E-state index in [0.29, 0.717) is 11.2 Å². The molecule has 0 unspecified atom stereocenters. The summed E-state index contributed by atoms with van der Waals surface area (Å²) in [5.41, 5.74) is 14.4. The van der Waals surface area contributed by atoms with Crippen LogP contribution < -0.4 is 11.5 Å². The number of nitrogens with zero attached hydrogens (tertiary/aromatic N) is 4. The molecular formula is C14H14N6. The molecule has 0 radical (unpaired) electrons. The maximum atomic E-state index is 5.80. The maximum absolute atomic E-state index is 5.80. The molecule has 0 spiro atoms. The van der Waals surface area contributed by atoms with Gasteiger partial charge in [0.15, 0.2) is 17.0 Å². The summed E-state index contributed by atoms with van der Waals surface area (Å²) in [4.78, 5) is 16.6. The summed E-state index contributed by atoms with van der Waals surface area (Å²) >= 11 is 0. The molecular weight excluding hydrogens is 252 g/mol. The van der Waals surface area contributed by atoms with Gasteiger partial charge >= 0.3 is 0 Å². The van der Waals surface area contributed by atoms with Gasteiger partial charge in [-0.2, -0.15) is 9.97 Å². The van der Waals surface area contributed by atoms with Crippen molar-refractivity contribution < 1.29 is 0 Å². The van der Waals surface area contributed by atoms with Gasteiger partial charge in [-0.1, -0.05) is 30.3 Å². The largest absolute Gasteiger partial charge is 0.382 e. The van der Waals surface area contributed by atoms with Crippen molar-refractivity contribution in [3.05, 3.63) is 47.8 Å². The molecule has 4 N–H and O–H groups in total. The first kappa shape index (κ1) is 12.3. The fraction of sp³-hybridized carbons (Fsp3) is 0.143. The number of aryl methyl sites for hydroxylation is 2. The normalized spacial score (nSPS) is 10.8. The smallest absolute Gasteiger partial charge is 0.224 e. The third-order valence-electron chi connectivity index (χ3n) is 3.01. The van der Waals surface area contributed by atoms with Crippen molar-refractivity contribution in [1.29, 1.82) is 0 Å². The standard InChI is InChI=1S/C14H14N6/c15-12-11-13(20-14(16)19-12)17-8-10(18-11)7-6-9-4-2-1-3-5-9/h1-5,8H,6-7H2,(H4,15,16,17,19,20). The zero-order valence-corrected chi connectivity index (χ0v) is 10.8. The van der Waals surface area contributed by atoms with Crippen molar-refractivity contribution in [2.45, 2.75) is 12.8 Å². The van der Waals surface area contributed by atoms with Gasteiger partial charge in [0, 0.05) is 0 Å². The lowest BCUT2D eigenvalue weighted by atomic mass is 10.1. The first-order valence-corrected chi connectivity index (χ1v) is 6.31. The van der Waals surface area contributed by atoms with Gasteiger partial charge in [-0.05, 0) is 18.4 Å². The number of fused-ring (bicyclic) bond motifs is 1. The van der Waals surface area contributed by atoms with Crippen molar-refractivity contribution >= 4 is 22.9 Å². The van der Waals surface area contributed by atoms with Crippen LogP contribution in [0.5, 0.6) is 0 Å². The third-order valence-corrected chi connectivity index (χ3v) is 3.01. The summed E-state index contributed by atoms with van der Waals surface area (Å²) in [7, 11) is 0. The predicted molar refractivity (Wildman–Crippen MR) is 77.8 cm³/mol. The van der Waals surface area contributed by atoms with E-state index in [1.54, 1.807) is 6.20 Å². The summed E-state index contributed by atoms with van der Waals surface area (Å²) in [6.07, 6.45) is 3.39. The van der Waals surface area contributed by atoms with Gasteiger partial charge in [-0.3, -0.25) is 0 Å². The summed E-state index contributed by atoms with van der Waals surface area (Å²) in [5, 5.41) is 0. The number of hydrogen-bond donors (Lipinski definition) is 2. The Morgan fingerprint density at radius 3 is 2.50 bits per heavy atom. The highest BCUT2D eigenvalue weighted by Gasteiger charge is 2.07. The predicted octanol–water partition coefficient (Wildman–Crippen LogP) is 1.37. The molecule has 1 aromatic carbocycles. The van der Waals surface area contributed by atoms with Crippen LogP contribution in [0.1, 0.15) is 11.3 Å². The Labute approximate surface area is 115 Å². The van der Waals surface area contributed by atoms with Crippen molar-refractivity contribution in [3.63, 3.8) is 0 Å². The second-order valence-corrected chi connectivity index (χ2v) is 4.49. The molecule has 20 heavy (non-hydrogen) atoms. The van der Waals surface area contributed by atoms with Crippen LogP contribution >= 0.6 is 0 Å². The van der Waals surface area contributed by atoms with E-state index in [1.165, 1.54) is 5.56 Å². The zero-order valence-electron chi connectivity index (χ0n) is 10.8.